The van der Waals surface area contributed by atoms with Crippen molar-refractivity contribution >= 4 is 35.6 Å². The Morgan fingerprint density at radius 1 is 0.853 bits per heavy atom. The zero-order valence-corrected chi connectivity index (χ0v) is 19.6. The number of carbonyl (C=O) groups excluding carboxylic acids is 4. The molecule has 0 amide bonds. The molecule has 1 heterocycles. The molecule has 0 N–H and O–H groups in total. The van der Waals surface area contributed by atoms with Crippen molar-refractivity contribution in [2.24, 2.45) is 0 Å². The van der Waals surface area contributed by atoms with Gasteiger partial charge < -0.3 is 23.7 Å². The molecule has 0 spiro atoms. The number of hydrogen-bond donors (Lipinski definition) is 0. The number of ether oxygens (including phenoxy) is 5. The molecule has 1 aromatic carbocycles. The first-order chi connectivity index (χ1) is 16.0. The monoisotopic (exact) mass is 490 g/mol. The van der Waals surface area contributed by atoms with Crippen LogP contribution in [0.3, 0.4) is 0 Å². The van der Waals surface area contributed by atoms with E-state index in [1.807, 2.05) is 12.1 Å². The summed E-state index contributed by atoms with van der Waals surface area (Å²) in [6.45, 7) is 4.25. The van der Waals surface area contributed by atoms with E-state index in [1.165, 1.54) is 19.1 Å². The molecule has 0 radical (unpaired) electrons. The molecular formula is C22H22N2O9S. The molecule has 1 fully saturated rings. The standard InChI is InChI=1S/C22H22N2O9S/c1-11(25)29-10-18-19(30-12(2)26)20(31-13(3)27)21(32-14(4)28)22(33-18)34-17-6-5-15(8-23)16(7-17)9-24/h5-7,18-22H,10H2,1-4H3/t18-,19-,20+,21-,22+/m1/s1. The van der Waals surface area contributed by atoms with E-state index >= 15 is 0 Å². The van der Waals surface area contributed by atoms with Crippen LogP contribution in [0.2, 0.25) is 0 Å². The molecule has 1 aliphatic rings. The van der Waals surface area contributed by atoms with Gasteiger partial charge in [-0.3, -0.25) is 19.2 Å². The Morgan fingerprint density at radius 2 is 1.41 bits per heavy atom. The lowest BCUT2D eigenvalue weighted by Crippen LogP contribution is -2.61. The molecule has 0 bridgehead atoms. The molecule has 5 atom stereocenters. The Hall–Kier alpha value is -3.61. The summed E-state index contributed by atoms with van der Waals surface area (Å²) in [4.78, 5) is 47.4. The van der Waals surface area contributed by atoms with Crippen molar-refractivity contribution < 1.29 is 42.9 Å². The molecule has 0 saturated carbocycles. The smallest absolute Gasteiger partial charge is 0.303 e. The zero-order valence-electron chi connectivity index (χ0n) is 18.8. The quantitative estimate of drug-likeness (QED) is 0.401. The molecule has 0 aromatic heterocycles. The van der Waals surface area contributed by atoms with Crippen LogP contribution in [0.25, 0.3) is 0 Å². The average molecular weight is 490 g/mol. The fraction of sp³-hybridized carbons (Fsp3) is 0.455. The zero-order chi connectivity index (χ0) is 25.4. The number of nitrogens with zero attached hydrogens (tertiary/aromatic N) is 2. The summed E-state index contributed by atoms with van der Waals surface area (Å²) in [5.74, 6) is -2.79. The van der Waals surface area contributed by atoms with Crippen LogP contribution >= 0.6 is 11.8 Å². The third-order valence-corrected chi connectivity index (χ3v) is 5.57. The summed E-state index contributed by atoms with van der Waals surface area (Å²) in [7, 11) is 0. The summed E-state index contributed by atoms with van der Waals surface area (Å²) >= 11 is 1.02. The number of carbonyl (C=O) groups is 4. The highest BCUT2D eigenvalue weighted by molar-refractivity contribution is 7.99. The minimum absolute atomic E-state index is 0.123. The van der Waals surface area contributed by atoms with Gasteiger partial charge in [0.2, 0.25) is 0 Å². The van der Waals surface area contributed by atoms with Crippen LogP contribution in [0, 0.1) is 22.7 Å². The molecule has 180 valence electrons. The third-order valence-electron chi connectivity index (χ3n) is 4.43. The van der Waals surface area contributed by atoms with Gasteiger partial charge >= 0.3 is 23.9 Å². The largest absolute Gasteiger partial charge is 0.463 e. The maximum Gasteiger partial charge on any atom is 0.303 e. The summed E-state index contributed by atoms with van der Waals surface area (Å²) < 4.78 is 27.1. The number of nitriles is 2. The van der Waals surface area contributed by atoms with Crippen LogP contribution in [0.15, 0.2) is 23.1 Å². The van der Waals surface area contributed by atoms with Crippen molar-refractivity contribution in [1.29, 1.82) is 10.5 Å². The molecule has 1 aromatic rings. The Labute approximate surface area is 199 Å². The Balaban J connectivity index is 2.50. The molecule has 1 aliphatic heterocycles. The fourth-order valence-electron chi connectivity index (χ4n) is 3.20. The molecule has 1 saturated heterocycles. The van der Waals surface area contributed by atoms with Gasteiger partial charge in [-0.25, -0.2) is 0 Å². The van der Waals surface area contributed by atoms with Crippen LogP contribution in [0.1, 0.15) is 38.8 Å². The fourth-order valence-corrected chi connectivity index (χ4v) is 4.35. The maximum atomic E-state index is 11.9. The normalized spacial score (nSPS) is 23.5. The first kappa shape index (κ1) is 26.6. The van der Waals surface area contributed by atoms with E-state index in [2.05, 4.69) is 0 Å². The molecule has 11 nitrogen and oxygen atoms in total. The lowest BCUT2D eigenvalue weighted by molar-refractivity contribution is -0.237. The van der Waals surface area contributed by atoms with Gasteiger partial charge in [-0.05, 0) is 18.2 Å². The average Bonchev–Trinajstić information content (AvgIpc) is 2.75. The summed E-state index contributed by atoms with van der Waals surface area (Å²) in [5, 5.41) is 18.4. The Morgan fingerprint density at radius 3 is 1.94 bits per heavy atom. The molecule has 2 rings (SSSR count). The van der Waals surface area contributed by atoms with E-state index in [-0.39, 0.29) is 17.7 Å². The van der Waals surface area contributed by atoms with Crippen molar-refractivity contribution in [2.75, 3.05) is 6.61 Å². The third kappa shape index (κ3) is 7.20. The number of benzene rings is 1. The predicted octanol–water partition coefficient (Wildman–Crippen LogP) is 1.61. The lowest BCUT2D eigenvalue weighted by Gasteiger charge is -2.44. The predicted molar refractivity (Wildman–Crippen MR) is 114 cm³/mol. The van der Waals surface area contributed by atoms with E-state index in [0.717, 1.165) is 32.5 Å². The van der Waals surface area contributed by atoms with E-state index in [9.17, 15) is 24.4 Å². The van der Waals surface area contributed by atoms with Gasteiger partial charge in [-0.1, -0.05) is 11.8 Å². The first-order valence-corrected chi connectivity index (χ1v) is 10.8. The van der Waals surface area contributed by atoms with Gasteiger partial charge in [0.25, 0.3) is 0 Å². The van der Waals surface area contributed by atoms with Crippen molar-refractivity contribution in [1.82, 2.24) is 0 Å². The number of rotatable bonds is 7. The van der Waals surface area contributed by atoms with E-state index in [4.69, 9.17) is 28.9 Å². The van der Waals surface area contributed by atoms with Crippen LogP contribution in [-0.4, -0.2) is 60.3 Å². The summed E-state index contributed by atoms with van der Waals surface area (Å²) in [5.41, 5.74) is -0.730. The van der Waals surface area contributed by atoms with Gasteiger partial charge in [-0.2, -0.15) is 10.5 Å². The second-order valence-corrected chi connectivity index (χ2v) is 8.29. The summed E-state index contributed by atoms with van der Waals surface area (Å²) in [6, 6.07) is 8.31. The highest BCUT2D eigenvalue weighted by atomic mass is 32.2. The van der Waals surface area contributed by atoms with Crippen molar-refractivity contribution in [3.8, 4) is 12.1 Å². The van der Waals surface area contributed by atoms with Gasteiger partial charge in [0.05, 0.1) is 11.1 Å². The number of esters is 4. The van der Waals surface area contributed by atoms with Gasteiger partial charge in [0.15, 0.2) is 18.3 Å². The molecular weight excluding hydrogens is 468 g/mol. The highest BCUT2D eigenvalue weighted by Gasteiger charge is 2.52. The minimum Gasteiger partial charge on any atom is -0.463 e. The van der Waals surface area contributed by atoms with Gasteiger partial charge in [-0.15, -0.1) is 0 Å². The van der Waals surface area contributed by atoms with Crippen LogP contribution in [0.5, 0.6) is 0 Å². The van der Waals surface area contributed by atoms with E-state index in [1.54, 1.807) is 6.07 Å². The first-order valence-electron chi connectivity index (χ1n) is 9.97. The molecule has 0 unspecified atom stereocenters. The number of hydrogen-bond acceptors (Lipinski definition) is 12. The highest BCUT2D eigenvalue weighted by Crippen LogP contribution is 2.38. The van der Waals surface area contributed by atoms with Crippen molar-refractivity contribution in [3.63, 3.8) is 0 Å². The van der Waals surface area contributed by atoms with Gasteiger partial charge in [0.1, 0.15) is 30.3 Å². The van der Waals surface area contributed by atoms with Crippen molar-refractivity contribution in [3.05, 3.63) is 29.3 Å². The van der Waals surface area contributed by atoms with E-state index in [0.29, 0.717) is 4.90 Å². The van der Waals surface area contributed by atoms with Crippen LogP contribution in [-0.2, 0) is 42.9 Å². The minimum atomic E-state index is -1.29. The topological polar surface area (TPSA) is 162 Å². The molecule has 34 heavy (non-hydrogen) atoms. The second-order valence-electron chi connectivity index (χ2n) is 7.12. The SMILES string of the molecule is CC(=O)OC[C@H]1O[C@@H](Sc2ccc(C#N)c(C#N)c2)[C@H](OC(C)=O)[C@@H](OC(C)=O)[C@@H]1OC(C)=O. The van der Waals surface area contributed by atoms with Crippen LogP contribution in [0.4, 0.5) is 0 Å². The second kappa shape index (κ2) is 12.0. The molecule has 12 heteroatoms. The van der Waals surface area contributed by atoms with Crippen molar-refractivity contribution in [2.45, 2.75) is 62.4 Å². The lowest BCUT2D eigenvalue weighted by atomic mass is 9.99. The summed E-state index contributed by atoms with van der Waals surface area (Å²) in [6.07, 6.45) is -4.84. The van der Waals surface area contributed by atoms with Crippen LogP contribution < -0.4 is 0 Å². The molecule has 0 aliphatic carbocycles. The van der Waals surface area contributed by atoms with Gasteiger partial charge in [0, 0.05) is 32.6 Å². The Bertz CT molecular complexity index is 1050. The number of thioether (sulfide) groups is 1. The maximum absolute atomic E-state index is 11.9. The van der Waals surface area contributed by atoms with E-state index < -0.39 is 53.7 Å². The Kier molecular flexibility index (Phi) is 9.42.